The van der Waals surface area contributed by atoms with Crippen LogP contribution in [0.1, 0.15) is 50.8 Å². The van der Waals surface area contributed by atoms with Crippen molar-refractivity contribution in [2.45, 2.75) is 52.4 Å². The minimum absolute atomic E-state index is 0. The molecule has 0 spiro atoms. The van der Waals surface area contributed by atoms with E-state index in [0.29, 0.717) is 17.9 Å². The Balaban J connectivity index is 0.00000392. The number of nitrogens with one attached hydrogen (secondary N) is 1. The highest BCUT2D eigenvalue weighted by atomic mass is 35.5. The van der Waals surface area contributed by atoms with Crippen molar-refractivity contribution in [1.82, 2.24) is 9.62 Å². The lowest BCUT2D eigenvalue weighted by Crippen LogP contribution is -2.38. The smallest absolute Gasteiger partial charge is 0.299 e. The lowest BCUT2D eigenvalue weighted by Gasteiger charge is -2.38. The molecule has 1 aliphatic heterocycles. The van der Waals surface area contributed by atoms with Crippen LogP contribution in [0, 0.1) is 11.3 Å². The van der Waals surface area contributed by atoms with E-state index >= 15 is 0 Å². The van der Waals surface area contributed by atoms with Gasteiger partial charge in [0, 0.05) is 6.54 Å². The van der Waals surface area contributed by atoms with Crippen LogP contribution in [0.3, 0.4) is 0 Å². The van der Waals surface area contributed by atoms with Crippen molar-refractivity contribution in [1.29, 1.82) is 0 Å². The van der Waals surface area contributed by atoms with Crippen molar-refractivity contribution in [3.63, 3.8) is 0 Å². The molecule has 1 N–H and O–H groups in total. The highest BCUT2D eigenvalue weighted by Crippen LogP contribution is 2.35. The number of sulfonamides is 1. The zero-order valence-electron chi connectivity index (χ0n) is 16.7. The van der Waals surface area contributed by atoms with Crippen LogP contribution in [0.4, 0.5) is 13.2 Å². The van der Waals surface area contributed by atoms with Gasteiger partial charge in [-0.25, -0.2) is 8.42 Å². The molecule has 1 heterocycles. The van der Waals surface area contributed by atoms with Gasteiger partial charge < -0.3 is 0 Å². The third-order valence-electron chi connectivity index (χ3n) is 5.19. The average molecular weight is 443 g/mol. The van der Waals surface area contributed by atoms with Crippen LogP contribution in [0.15, 0.2) is 24.3 Å². The van der Waals surface area contributed by atoms with Gasteiger partial charge in [-0.15, -0.1) is 12.4 Å². The van der Waals surface area contributed by atoms with Crippen molar-refractivity contribution in [3.05, 3.63) is 35.4 Å². The van der Waals surface area contributed by atoms with Gasteiger partial charge in [0.15, 0.2) is 0 Å². The van der Waals surface area contributed by atoms with Crippen LogP contribution in [-0.2, 0) is 16.6 Å². The number of hydrogen-bond donors (Lipinski definition) is 1. The maximum atomic E-state index is 13.2. The highest BCUT2D eigenvalue weighted by molar-refractivity contribution is 7.88. The number of halogens is 4. The summed E-state index contributed by atoms with van der Waals surface area (Å²) in [5.41, 5.74) is 1.11. The van der Waals surface area contributed by atoms with Crippen molar-refractivity contribution < 1.29 is 21.6 Å². The molecule has 0 unspecified atom stereocenters. The minimum Gasteiger partial charge on any atom is -0.299 e. The Morgan fingerprint density at radius 1 is 1.11 bits per heavy atom. The predicted molar refractivity (Wildman–Crippen MR) is 108 cm³/mol. The number of alkyl halides is 3. The van der Waals surface area contributed by atoms with Crippen LogP contribution >= 0.6 is 12.4 Å². The largest absolute Gasteiger partial charge is 0.408 e. The zero-order valence-corrected chi connectivity index (χ0v) is 18.3. The van der Waals surface area contributed by atoms with Gasteiger partial charge in [-0.2, -0.15) is 17.9 Å². The molecule has 1 aromatic carbocycles. The highest BCUT2D eigenvalue weighted by Gasteiger charge is 2.42. The van der Waals surface area contributed by atoms with Gasteiger partial charge in [0.25, 0.3) is 0 Å². The Morgan fingerprint density at radius 3 is 2.00 bits per heavy atom. The maximum absolute atomic E-state index is 13.2. The summed E-state index contributed by atoms with van der Waals surface area (Å²) in [6.45, 7) is 9.41. The van der Waals surface area contributed by atoms with Crippen molar-refractivity contribution in [2.24, 2.45) is 11.3 Å². The molecule has 162 valence electrons. The molecule has 0 radical (unpaired) electrons. The van der Waals surface area contributed by atoms with Crippen LogP contribution < -0.4 is 4.72 Å². The standard InChI is InChI=1S/C19H29F3N2O2S.ClH/c1-18(2,3)16-9-11-24(12-10-16)13-14-5-7-15(8-6-14)17(19(20,21)22)23-27(4,25)26;/h5-8,16-17,23H,9-13H2,1-4H3;1H/t17-;/m0./s1. The molecule has 0 saturated carbocycles. The molecule has 1 aromatic rings. The molecule has 28 heavy (non-hydrogen) atoms. The second kappa shape index (κ2) is 9.32. The first-order chi connectivity index (χ1) is 12.3. The first-order valence-electron chi connectivity index (χ1n) is 9.11. The average Bonchev–Trinajstić information content (AvgIpc) is 2.51. The Bertz CT molecular complexity index is 723. The summed E-state index contributed by atoms with van der Waals surface area (Å²) in [5.74, 6) is 0.686. The fraction of sp³-hybridized carbons (Fsp3) is 0.684. The fourth-order valence-electron chi connectivity index (χ4n) is 3.57. The summed E-state index contributed by atoms with van der Waals surface area (Å²) < 4.78 is 63.8. The monoisotopic (exact) mass is 442 g/mol. The molecule has 1 fully saturated rings. The first-order valence-corrected chi connectivity index (χ1v) is 11.0. The Morgan fingerprint density at radius 2 is 1.61 bits per heavy atom. The van der Waals surface area contributed by atoms with Crippen LogP contribution in [-0.4, -0.2) is 38.8 Å². The lowest BCUT2D eigenvalue weighted by molar-refractivity contribution is -0.153. The van der Waals surface area contributed by atoms with Gasteiger partial charge in [0.05, 0.1) is 6.26 Å². The fourth-order valence-corrected chi connectivity index (χ4v) is 4.27. The molecule has 0 bridgehead atoms. The van der Waals surface area contributed by atoms with Gasteiger partial charge in [-0.05, 0) is 48.4 Å². The summed E-state index contributed by atoms with van der Waals surface area (Å²) in [4.78, 5) is 2.31. The topological polar surface area (TPSA) is 49.4 Å². The molecule has 0 aliphatic carbocycles. The van der Waals surface area contributed by atoms with Crippen LogP contribution in [0.25, 0.3) is 0 Å². The third kappa shape index (κ3) is 7.54. The van der Waals surface area contributed by atoms with Gasteiger partial charge >= 0.3 is 6.18 Å². The summed E-state index contributed by atoms with van der Waals surface area (Å²) in [6.07, 6.45) is -1.73. The van der Waals surface area contributed by atoms with Gasteiger partial charge in [-0.3, -0.25) is 4.90 Å². The first kappa shape index (κ1) is 25.2. The van der Waals surface area contributed by atoms with Crippen LogP contribution in [0.5, 0.6) is 0 Å². The third-order valence-corrected chi connectivity index (χ3v) is 5.85. The lowest BCUT2D eigenvalue weighted by atomic mass is 9.75. The van der Waals surface area contributed by atoms with E-state index in [1.807, 2.05) is 0 Å². The number of hydrogen-bond acceptors (Lipinski definition) is 3. The Hall–Kier alpha value is -0.830. The molecule has 1 aliphatic rings. The molecular weight excluding hydrogens is 413 g/mol. The minimum atomic E-state index is -4.70. The predicted octanol–water partition coefficient (Wildman–Crippen LogP) is 4.52. The van der Waals surface area contributed by atoms with E-state index in [1.54, 1.807) is 16.9 Å². The molecule has 0 aromatic heterocycles. The normalized spacial score (nSPS) is 18.5. The second-order valence-corrected chi connectivity index (χ2v) is 10.3. The van der Waals surface area contributed by atoms with E-state index in [1.165, 1.54) is 12.1 Å². The number of rotatable bonds is 5. The van der Waals surface area contributed by atoms with Crippen molar-refractivity contribution in [3.8, 4) is 0 Å². The summed E-state index contributed by atoms with van der Waals surface area (Å²) in [6, 6.07) is 3.77. The zero-order chi connectivity index (χ0) is 20.5. The number of nitrogens with zero attached hydrogens (tertiary/aromatic N) is 1. The van der Waals surface area contributed by atoms with Gasteiger partial charge in [0.1, 0.15) is 6.04 Å². The number of likely N-dealkylation sites (tertiary alicyclic amines) is 1. The Kier molecular flexibility index (Phi) is 8.39. The van der Waals surface area contributed by atoms with E-state index in [-0.39, 0.29) is 18.0 Å². The van der Waals surface area contributed by atoms with E-state index < -0.39 is 22.2 Å². The molecule has 1 saturated heterocycles. The van der Waals surface area contributed by atoms with Gasteiger partial charge in [0.2, 0.25) is 10.0 Å². The number of piperidine rings is 1. The molecule has 9 heteroatoms. The molecule has 4 nitrogen and oxygen atoms in total. The Labute approximate surface area is 172 Å². The van der Waals surface area contributed by atoms with E-state index in [9.17, 15) is 21.6 Å². The van der Waals surface area contributed by atoms with E-state index in [4.69, 9.17) is 0 Å². The molecule has 1 atom stereocenters. The summed E-state index contributed by atoms with van der Waals surface area (Å²) in [7, 11) is -3.98. The summed E-state index contributed by atoms with van der Waals surface area (Å²) >= 11 is 0. The molecule has 2 rings (SSSR count). The SMILES string of the molecule is CC(C)(C)C1CCN(Cc2ccc([C@H](NS(C)(=O)=O)C(F)(F)F)cc2)CC1.Cl. The van der Waals surface area contributed by atoms with E-state index in [0.717, 1.165) is 37.8 Å². The van der Waals surface area contributed by atoms with Crippen molar-refractivity contribution in [2.75, 3.05) is 19.3 Å². The van der Waals surface area contributed by atoms with E-state index in [2.05, 4.69) is 25.7 Å². The van der Waals surface area contributed by atoms with Crippen LogP contribution in [0.2, 0.25) is 0 Å². The van der Waals surface area contributed by atoms with Gasteiger partial charge in [-0.1, -0.05) is 45.0 Å². The maximum Gasteiger partial charge on any atom is 0.408 e. The molecule has 0 amide bonds. The summed E-state index contributed by atoms with van der Waals surface area (Å²) in [5, 5.41) is 0. The molecular formula is C19H30ClF3N2O2S. The van der Waals surface area contributed by atoms with Crippen molar-refractivity contribution >= 4 is 22.4 Å². The quantitative estimate of drug-likeness (QED) is 0.729. The second-order valence-electron chi connectivity index (χ2n) is 8.52. The number of benzene rings is 1.